The van der Waals surface area contributed by atoms with Gasteiger partial charge < -0.3 is 9.88 Å². The van der Waals surface area contributed by atoms with E-state index in [1.54, 1.807) is 0 Å². The number of imidazole rings is 1. The number of aromatic nitrogens is 4. The molecule has 0 amide bonds. The maximum atomic E-state index is 4.86. The first-order valence-corrected chi connectivity index (χ1v) is 9.28. The van der Waals surface area contributed by atoms with Crippen molar-refractivity contribution in [2.24, 2.45) is 0 Å². The van der Waals surface area contributed by atoms with E-state index in [4.69, 9.17) is 5.10 Å². The molecule has 7 heteroatoms. The predicted molar refractivity (Wildman–Crippen MR) is 112 cm³/mol. The lowest BCUT2D eigenvalue weighted by Crippen LogP contribution is -2.17. The van der Waals surface area contributed by atoms with Gasteiger partial charge in [-0.15, -0.1) is 24.8 Å². The molecular weight excluding hydrogens is 381 g/mol. The summed E-state index contributed by atoms with van der Waals surface area (Å²) in [6, 6.07) is 11.4. The second-order valence-electron chi connectivity index (χ2n) is 7.04. The fourth-order valence-corrected chi connectivity index (χ4v) is 4.25. The largest absolute Gasteiger partial charge is 0.322 e. The second kappa shape index (κ2) is 8.46. The first-order chi connectivity index (χ1) is 12.4. The van der Waals surface area contributed by atoms with Crippen LogP contribution in [0.3, 0.4) is 0 Å². The molecule has 2 aliphatic rings. The highest BCUT2D eigenvalue weighted by Crippen LogP contribution is 2.35. The molecule has 1 aliphatic heterocycles. The number of nitrogens with one attached hydrogen (secondary N) is 1. The minimum absolute atomic E-state index is 0. The van der Waals surface area contributed by atoms with Gasteiger partial charge in [-0.25, -0.2) is 4.98 Å². The molecule has 0 saturated carbocycles. The molecule has 144 valence electrons. The van der Waals surface area contributed by atoms with E-state index in [0.29, 0.717) is 6.04 Å². The maximum Gasteiger partial charge on any atom is 0.161 e. The fourth-order valence-electron chi connectivity index (χ4n) is 4.25. The Morgan fingerprint density at radius 3 is 2.93 bits per heavy atom. The van der Waals surface area contributed by atoms with E-state index in [2.05, 4.69) is 56.1 Å². The van der Waals surface area contributed by atoms with Crippen molar-refractivity contribution in [2.75, 3.05) is 6.54 Å². The Bertz CT molecular complexity index is 878. The molecule has 2 aromatic heterocycles. The highest BCUT2D eigenvalue weighted by molar-refractivity contribution is 5.85. The number of aryl methyl sites for hydroxylation is 2. The molecule has 1 atom stereocenters. The van der Waals surface area contributed by atoms with E-state index in [9.17, 15) is 0 Å². The molecule has 0 unspecified atom stereocenters. The number of benzene rings is 1. The summed E-state index contributed by atoms with van der Waals surface area (Å²) in [7, 11) is 0. The van der Waals surface area contributed by atoms with Crippen molar-refractivity contribution >= 4 is 24.8 Å². The Hall–Kier alpha value is -1.82. The monoisotopic (exact) mass is 405 g/mol. The van der Waals surface area contributed by atoms with Crippen molar-refractivity contribution in [3.63, 3.8) is 0 Å². The summed E-state index contributed by atoms with van der Waals surface area (Å²) < 4.78 is 4.47. The topological polar surface area (TPSA) is 47.7 Å². The summed E-state index contributed by atoms with van der Waals surface area (Å²) in [5.74, 6) is 0.988. The molecule has 0 fully saturated rings. The van der Waals surface area contributed by atoms with Crippen molar-refractivity contribution in [3.8, 4) is 11.5 Å². The number of rotatable bonds is 2. The molecule has 0 spiro atoms. The van der Waals surface area contributed by atoms with Gasteiger partial charge in [-0.1, -0.05) is 24.3 Å². The number of hydrogen-bond donors (Lipinski definition) is 1. The highest BCUT2D eigenvalue weighted by atomic mass is 35.5. The summed E-state index contributed by atoms with van der Waals surface area (Å²) in [5.41, 5.74) is 5.16. The lowest BCUT2D eigenvalue weighted by molar-refractivity contribution is 0.492. The molecule has 0 bridgehead atoms. The van der Waals surface area contributed by atoms with Gasteiger partial charge in [0, 0.05) is 25.5 Å². The van der Waals surface area contributed by atoms with E-state index >= 15 is 0 Å². The third kappa shape index (κ3) is 3.64. The Kier molecular flexibility index (Phi) is 6.25. The summed E-state index contributed by atoms with van der Waals surface area (Å²) >= 11 is 0. The van der Waals surface area contributed by atoms with Crippen LogP contribution in [0.25, 0.3) is 11.5 Å². The lowest BCUT2D eigenvalue weighted by atomic mass is 9.87. The van der Waals surface area contributed by atoms with Crippen LogP contribution >= 0.6 is 24.8 Å². The van der Waals surface area contributed by atoms with Gasteiger partial charge in [0.1, 0.15) is 5.69 Å². The van der Waals surface area contributed by atoms with Crippen LogP contribution in [0, 0.1) is 0 Å². The fraction of sp³-hybridized carbons (Fsp3) is 0.400. The number of fused-ring (bicyclic) bond motifs is 2. The minimum atomic E-state index is 0. The van der Waals surface area contributed by atoms with Crippen molar-refractivity contribution in [3.05, 3.63) is 59.5 Å². The van der Waals surface area contributed by atoms with E-state index in [1.165, 1.54) is 29.7 Å². The van der Waals surface area contributed by atoms with E-state index in [0.717, 1.165) is 44.0 Å². The van der Waals surface area contributed by atoms with Crippen LogP contribution in [-0.2, 0) is 19.5 Å². The molecule has 3 heterocycles. The quantitative estimate of drug-likeness (QED) is 0.700. The molecule has 1 N–H and O–H groups in total. The molecule has 1 aliphatic carbocycles. The van der Waals surface area contributed by atoms with Crippen LogP contribution in [0.1, 0.15) is 42.1 Å². The van der Waals surface area contributed by atoms with Crippen molar-refractivity contribution < 1.29 is 0 Å². The maximum absolute atomic E-state index is 4.86. The third-order valence-corrected chi connectivity index (χ3v) is 5.46. The first kappa shape index (κ1) is 19.9. The van der Waals surface area contributed by atoms with Crippen molar-refractivity contribution in [2.45, 2.75) is 44.8 Å². The predicted octanol–water partition coefficient (Wildman–Crippen LogP) is 4.01. The molecule has 3 aromatic rings. The summed E-state index contributed by atoms with van der Waals surface area (Å²) in [6.45, 7) is 2.93. The standard InChI is InChI=1S/C20H23N5.2ClH/c1-2-7-17-15(5-1)6-3-8-19(17)24-12-10-22-20(24)18-13-16-14-21-9-4-11-25(16)23-18;;/h1-2,5,7,10,12-13,19,21H,3-4,6,8-9,11,14H2;2*1H/t19-;;/m0../s1. The highest BCUT2D eigenvalue weighted by Gasteiger charge is 2.24. The zero-order valence-electron chi connectivity index (χ0n) is 15.2. The Labute approximate surface area is 172 Å². The van der Waals surface area contributed by atoms with Crippen LogP contribution in [0.5, 0.6) is 0 Å². The first-order valence-electron chi connectivity index (χ1n) is 9.28. The van der Waals surface area contributed by atoms with Gasteiger partial charge in [-0.05, 0) is 49.4 Å². The minimum Gasteiger partial charge on any atom is -0.322 e. The molecule has 5 nitrogen and oxygen atoms in total. The Morgan fingerprint density at radius 1 is 1.11 bits per heavy atom. The number of halogens is 2. The SMILES string of the molecule is Cl.Cl.c1ccc2c(c1)CCC[C@@H]2n1ccnc1-c1cc2n(n1)CCCNC2. The number of hydrogen-bond acceptors (Lipinski definition) is 3. The number of nitrogens with zero attached hydrogens (tertiary/aromatic N) is 4. The normalized spacial score (nSPS) is 18.4. The molecule has 5 rings (SSSR count). The van der Waals surface area contributed by atoms with Crippen LogP contribution in [0.2, 0.25) is 0 Å². The summed E-state index contributed by atoms with van der Waals surface area (Å²) in [6.07, 6.45) is 8.72. The van der Waals surface area contributed by atoms with Crippen LogP contribution in [-0.4, -0.2) is 25.9 Å². The van der Waals surface area contributed by atoms with Gasteiger partial charge >= 0.3 is 0 Å². The van der Waals surface area contributed by atoms with Crippen LogP contribution in [0.15, 0.2) is 42.7 Å². The molecule has 0 radical (unpaired) electrons. The molecule has 27 heavy (non-hydrogen) atoms. The van der Waals surface area contributed by atoms with Crippen LogP contribution < -0.4 is 5.32 Å². The van der Waals surface area contributed by atoms with E-state index < -0.39 is 0 Å². The third-order valence-electron chi connectivity index (χ3n) is 5.46. The summed E-state index contributed by atoms with van der Waals surface area (Å²) in [4.78, 5) is 4.67. The lowest BCUT2D eigenvalue weighted by Gasteiger charge is -2.27. The van der Waals surface area contributed by atoms with Crippen LogP contribution in [0.4, 0.5) is 0 Å². The average molecular weight is 406 g/mol. The Balaban J connectivity index is 0.00000105. The van der Waals surface area contributed by atoms with E-state index in [-0.39, 0.29) is 24.8 Å². The smallest absolute Gasteiger partial charge is 0.161 e. The van der Waals surface area contributed by atoms with Gasteiger partial charge in [0.15, 0.2) is 5.82 Å². The Morgan fingerprint density at radius 2 is 2.00 bits per heavy atom. The zero-order chi connectivity index (χ0) is 16.6. The average Bonchev–Trinajstić information content (AvgIpc) is 3.23. The van der Waals surface area contributed by atoms with Gasteiger partial charge in [0.2, 0.25) is 0 Å². The molecular formula is C20H25Cl2N5. The van der Waals surface area contributed by atoms with Gasteiger partial charge in [0.05, 0.1) is 11.7 Å². The van der Waals surface area contributed by atoms with E-state index in [1.807, 2.05) is 6.20 Å². The molecule has 0 saturated heterocycles. The zero-order valence-corrected chi connectivity index (χ0v) is 16.8. The van der Waals surface area contributed by atoms with Gasteiger partial charge in [-0.3, -0.25) is 4.68 Å². The van der Waals surface area contributed by atoms with Crippen molar-refractivity contribution in [1.82, 2.24) is 24.6 Å². The van der Waals surface area contributed by atoms with Crippen molar-refractivity contribution in [1.29, 1.82) is 0 Å². The summed E-state index contributed by atoms with van der Waals surface area (Å²) in [5, 5.41) is 8.32. The van der Waals surface area contributed by atoms with Gasteiger partial charge in [-0.2, -0.15) is 5.10 Å². The van der Waals surface area contributed by atoms with Gasteiger partial charge in [0.25, 0.3) is 0 Å². The second-order valence-corrected chi connectivity index (χ2v) is 7.04. The molecule has 1 aromatic carbocycles.